The van der Waals surface area contributed by atoms with Crippen LogP contribution in [0.15, 0.2) is 39.8 Å². The first-order valence-electron chi connectivity index (χ1n) is 7.61. The van der Waals surface area contributed by atoms with Crippen LogP contribution in [0.3, 0.4) is 0 Å². The minimum absolute atomic E-state index is 0.0285. The smallest absolute Gasteiger partial charge is 0.373 e. The Labute approximate surface area is 148 Å². The number of hydrogen-bond acceptors (Lipinski definition) is 6. The molecule has 0 bridgehead atoms. The number of aromatic nitrogens is 1. The van der Waals surface area contributed by atoms with Gasteiger partial charge in [-0.2, -0.15) is 0 Å². The number of esters is 1. The molecule has 8 heteroatoms. The largest absolute Gasteiger partial charge is 0.463 e. The molecule has 1 fully saturated rings. The van der Waals surface area contributed by atoms with Gasteiger partial charge in [-0.1, -0.05) is 0 Å². The standard InChI is InChI=1S/C17H16N2O5S/c1-3-18-8-4-5-11(18)9-14-15(20)19(17(22)25-14)10-12-6-7-13(24-12)16(21)23-2/h4-9H,3,10H2,1-2H3/b14-9+. The van der Waals surface area contributed by atoms with E-state index in [1.165, 1.54) is 13.2 Å². The molecule has 0 saturated carbocycles. The molecular weight excluding hydrogens is 344 g/mol. The second-order valence-electron chi connectivity index (χ2n) is 5.24. The molecule has 3 rings (SSSR count). The van der Waals surface area contributed by atoms with Crippen molar-refractivity contribution >= 4 is 35.0 Å². The van der Waals surface area contributed by atoms with Gasteiger partial charge in [-0.25, -0.2) is 4.79 Å². The number of rotatable bonds is 5. The highest BCUT2D eigenvalue weighted by Crippen LogP contribution is 2.33. The Bertz CT molecular complexity index is 864. The first kappa shape index (κ1) is 17.1. The van der Waals surface area contributed by atoms with E-state index in [1.807, 2.05) is 29.8 Å². The first-order chi connectivity index (χ1) is 12.0. The molecule has 130 valence electrons. The molecule has 0 aromatic carbocycles. The lowest BCUT2D eigenvalue weighted by Crippen LogP contribution is -2.27. The molecule has 0 atom stereocenters. The van der Waals surface area contributed by atoms with E-state index in [2.05, 4.69) is 4.74 Å². The molecule has 0 N–H and O–H groups in total. The van der Waals surface area contributed by atoms with Crippen LogP contribution in [0.1, 0.15) is 28.9 Å². The first-order valence-corrected chi connectivity index (χ1v) is 8.42. The van der Waals surface area contributed by atoms with Gasteiger partial charge in [0.1, 0.15) is 5.76 Å². The quantitative estimate of drug-likeness (QED) is 0.602. The molecule has 1 saturated heterocycles. The summed E-state index contributed by atoms with van der Waals surface area (Å²) < 4.78 is 11.9. The average molecular weight is 360 g/mol. The number of thioether (sulfide) groups is 1. The highest BCUT2D eigenvalue weighted by molar-refractivity contribution is 8.18. The highest BCUT2D eigenvalue weighted by atomic mass is 32.2. The van der Waals surface area contributed by atoms with Crippen molar-refractivity contribution in [2.24, 2.45) is 0 Å². The fourth-order valence-corrected chi connectivity index (χ4v) is 3.27. The predicted molar refractivity (Wildman–Crippen MR) is 91.7 cm³/mol. The molecule has 1 aliphatic heterocycles. The lowest BCUT2D eigenvalue weighted by atomic mass is 10.3. The molecule has 2 aromatic rings. The molecule has 1 aliphatic rings. The normalized spacial score (nSPS) is 16.1. The van der Waals surface area contributed by atoms with Crippen LogP contribution >= 0.6 is 11.8 Å². The number of carbonyl (C=O) groups is 3. The molecule has 2 amide bonds. The fraction of sp³-hybridized carbons (Fsp3) is 0.235. The van der Waals surface area contributed by atoms with E-state index in [9.17, 15) is 14.4 Å². The van der Waals surface area contributed by atoms with E-state index in [0.29, 0.717) is 10.7 Å². The zero-order chi connectivity index (χ0) is 18.0. The third-order valence-electron chi connectivity index (χ3n) is 3.72. The van der Waals surface area contributed by atoms with Gasteiger partial charge >= 0.3 is 5.97 Å². The van der Waals surface area contributed by atoms with Gasteiger partial charge in [0.25, 0.3) is 11.1 Å². The number of methoxy groups -OCH3 is 1. The number of nitrogens with zero attached hydrogens (tertiary/aromatic N) is 2. The molecule has 2 aromatic heterocycles. The highest BCUT2D eigenvalue weighted by Gasteiger charge is 2.36. The van der Waals surface area contributed by atoms with Crippen LogP contribution in [-0.4, -0.2) is 33.7 Å². The topological polar surface area (TPSA) is 81.8 Å². The number of hydrogen-bond donors (Lipinski definition) is 0. The third kappa shape index (κ3) is 3.39. The zero-order valence-corrected chi connectivity index (χ0v) is 14.5. The summed E-state index contributed by atoms with van der Waals surface area (Å²) in [6.45, 7) is 2.73. The number of carbonyl (C=O) groups excluding carboxylic acids is 3. The van der Waals surface area contributed by atoms with Crippen LogP contribution < -0.4 is 0 Å². The SMILES string of the molecule is CCn1cccc1/C=C1/SC(=O)N(Cc2ccc(C(=O)OC)o2)C1=O. The van der Waals surface area contributed by atoms with Crippen molar-refractivity contribution in [1.82, 2.24) is 9.47 Å². The monoisotopic (exact) mass is 360 g/mol. The predicted octanol–water partition coefficient (Wildman–Crippen LogP) is 3.12. The maximum Gasteiger partial charge on any atom is 0.373 e. The summed E-state index contributed by atoms with van der Waals surface area (Å²) in [6.07, 6.45) is 3.61. The van der Waals surface area contributed by atoms with Gasteiger partial charge in [0.2, 0.25) is 5.76 Å². The van der Waals surface area contributed by atoms with Crippen LogP contribution in [0.5, 0.6) is 0 Å². The van der Waals surface area contributed by atoms with Crippen LogP contribution in [0.4, 0.5) is 4.79 Å². The molecule has 7 nitrogen and oxygen atoms in total. The Hall–Kier alpha value is -2.74. The average Bonchev–Trinajstić information content (AvgIpc) is 3.31. The number of furan rings is 1. The Balaban J connectivity index is 1.77. The second-order valence-corrected chi connectivity index (χ2v) is 6.24. The molecule has 25 heavy (non-hydrogen) atoms. The Morgan fingerprint density at radius 1 is 1.32 bits per heavy atom. The Morgan fingerprint density at radius 2 is 2.12 bits per heavy atom. The summed E-state index contributed by atoms with van der Waals surface area (Å²) >= 11 is 0.888. The number of imide groups is 1. The summed E-state index contributed by atoms with van der Waals surface area (Å²) in [5, 5.41) is -0.373. The van der Waals surface area contributed by atoms with Gasteiger partial charge in [0, 0.05) is 18.4 Å². The molecular formula is C17H16N2O5S. The van der Waals surface area contributed by atoms with Gasteiger partial charge < -0.3 is 13.7 Å². The van der Waals surface area contributed by atoms with E-state index in [1.54, 1.807) is 12.1 Å². The van der Waals surface area contributed by atoms with Gasteiger partial charge in [-0.05, 0) is 49.0 Å². The van der Waals surface area contributed by atoms with Gasteiger partial charge in [-0.3, -0.25) is 14.5 Å². The molecule has 0 unspecified atom stereocenters. The summed E-state index contributed by atoms with van der Waals surface area (Å²) in [5.41, 5.74) is 0.860. The molecule has 0 spiro atoms. The number of aryl methyl sites for hydroxylation is 1. The zero-order valence-electron chi connectivity index (χ0n) is 13.7. The van der Waals surface area contributed by atoms with E-state index < -0.39 is 5.97 Å². The molecule has 0 aliphatic carbocycles. The maximum absolute atomic E-state index is 12.5. The van der Waals surface area contributed by atoms with E-state index in [4.69, 9.17) is 4.42 Å². The van der Waals surface area contributed by atoms with Crippen molar-refractivity contribution in [3.8, 4) is 0 Å². The van der Waals surface area contributed by atoms with Crippen molar-refractivity contribution < 1.29 is 23.5 Å². The number of amides is 2. The lowest BCUT2D eigenvalue weighted by molar-refractivity contribution is -0.123. The minimum Gasteiger partial charge on any atom is -0.463 e. The summed E-state index contributed by atoms with van der Waals surface area (Å²) in [7, 11) is 1.25. The third-order valence-corrected chi connectivity index (χ3v) is 4.63. The Morgan fingerprint density at radius 3 is 2.84 bits per heavy atom. The van der Waals surface area contributed by atoms with Crippen molar-refractivity contribution in [2.75, 3.05) is 7.11 Å². The molecule has 0 radical (unpaired) electrons. The fourth-order valence-electron chi connectivity index (χ4n) is 2.45. The summed E-state index contributed by atoms with van der Waals surface area (Å²) in [6, 6.07) is 6.76. The van der Waals surface area contributed by atoms with E-state index in [-0.39, 0.29) is 23.5 Å². The van der Waals surface area contributed by atoms with Crippen molar-refractivity contribution in [2.45, 2.75) is 20.0 Å². The molecule has 3 heterocycles. The minimum atomic E-state index is -0.611. The van der Waals surface area contributed by atoms with Crippen LogP contribution in [-0.2, 0) is 22.6 Å². The van der Waals surface area contributed by atoms with E-state index in [0.717, 1.165) is 28.9 Å². The van der Waals surface area contributed by atoms with Crippen LogP contribution in [0.2, 0.25) is 0 Å². The number of ether oxygens (including phenoxy) is 1. The maximum atomic E-state index is 12.5. The van der Waals surface area contributed by atoms with Gasteiger partial charge in [0.05, 0.1) is 18.6 Å². The van der Waals surface area contributed by atoms with Crippen molar-refractivity contribution in [3.05, 3.63) is 52.6 Å². The van der Waals surface area contributed by atoms with Crippen molar-refractivity contribution in [3.63, 3.8) is 0 Å². The van der Waals surface area contributed by atoms with Gasteiger partial charge in [-0.15, -0.1) is 0 Å². The van der Waals surface area contributed by atoms with Crippen molar-refractivity contribution in [1.29, 1.82) is 0 Å². The Kier molecular flexibility index (Phi) is 4.80. The van der Waals surface area contributed by atoms with E-state index >= 15 is 0 Å². The van der Waals surface area contributed by atoms with Gasteiger partial charge in [0.15, 0.2) is 0 Å². The lowest BCUT2D eigenvalue weighted by Gasteiger charge is -2.10. The summed E-state index contributed by atoms with van der Waals surface area (Å²) in [5.74, 6) is -0.628. The van der Waals surface area contributed by atoms with Crippen LogP contribution in [0, 0.1) is 0 Å². The van der Waals surface area contributed by atoms with Crippen LogP contribution in [0.25, 0.3) is 6.08 Å². The summed E-state index contributed by atoms with van der Waals surface area (Å²) in [4.78, 5) is 37.5. The second kappa shape index (κ2) is 7.02.